The molecular weight excluding hydrogens is 360 g/mol. The van der Waals surface area contributed by atoms with E-state index in [2.05, 4.69) is 20.5 Å². The minimum Gasteiger partial charge on any atom is -0.328 e. The lowest BCUT2D eigenvalue weighted by atomic mass is 10.2. The van der Waals surface area contributed by atoms with Gasteiger partial charge in [-0.05, 0) is 27.2 Å². The lowest BCUT2D eigenvalue weighted by Crippen LogP contribution is -2.14. The van der Waals surface area contributed by atoms with Crippen LogP contribution in [0.1, 0.15) is 29.5 Å². The summed E-state index contributed by atoms with van der Waals surface area (Å²) in [5, 5.41) is 13.1. The zero-order valence-corrected chi connectivity index (χ0v) is 16.2. The molecular formula is C15H20N6O2S2. The van der Waals surface area contributed by atoms with Crippen LogP contribution >= 0.6 is 11.3 Å². The van der Waals surface area contributed by atoms with Gasteiger partial charge in [0, 0.05) is 7.05 Å². The lowest BCUT2D eigenvalue weighted by Gasteiger charge is -2.11. The number of rotatable bonds is 3. The molecule has 0 bridgehead atoms. The maximum absolute atomic E-state index is 11.8. The van der Waals surface area contributed by atoms with Crippen LogP contribution < -0.4 is 5.32 Å². The largest absolute Gasteiger partial charge is 0.328 e. The third-order valence-corrected chi connectivity index (χ3v) is 7.47. The summed E-state index contributed by atoms with van der Waals surface area (Å²) in [4.78, 5) is 4.62. The van der Waals surface area contributed by atoms with Crippen molar-refractivity contribution in [2.75, 3.05) is 16.8 Å². The van der Waals surface area contributed by atoms with E-state index >= 15 is 0 Å². The lowest BCUT2D eigenvalue weighted by molar-refractivity contribution is 0.486. The average Bonchev–Trinajstić information content (AvgIpc) is 3.23. The van der Waals surface area contributed by atoms with Crippen LogP contribution in [0, 0.1) is 20.8 Å². The Balaban J connectivity index is 1.67. The van der Waals surface area contributed by atoms with Crippen molar-refractivity contribution in [3.05, 3.63) is 17.1 Å². The monoisotopic (exact) mass is 380 g/mol. The zero-order chi connectivity index (χ0) is 17.9. The van der Waals surface area contributed by atoms with E-state index in [-0.39, 0.29) is 17.5 Å². The SMILES string of the molecule is Cc1nn([C@H]2CCS(=O)(=O)C2)c(C)c1Nc1nc2c(s1)c(C)nn2C. The van der Waals surface area contributed by atoms with Crippen molar-refractivity contribution in [2.45, 2.75) is 33.2 Å². The van der Waals surface area contributed by atoms with Crippen molar-refractivity contribution in [1.29, 1.82) is 0 Å². The first kappa shape index (κ1) is 16.5. The predicted molar refractivity (Wildman–Crippen MR) is 98.4 cm³/mol. The fraction of sp³-hybridized carbons (Fsp3) is 0.533. The molecule has 1 aliphatic heterocycles. The molecule has 1 aliphatic rings. The summed E-state index contributed by atoms with van der Waals surface area (Å²) in [6, 6.07) is -0.0824. The molecule has 25 heavy (non-hydrogen) atoms. The van der Waals surface area contributed by atoms with Crippen molar-refractivity contribution < 1.29 is 8.42 Å². The van der Waals surface area contributed by atoms with Gasteiger partial charge in [0.2, 0.25) is 0 Å². The molecule has 1 saturated heterocycles. The molecule has 4 heterocycles. The summed E-state index contributed by atoms with van der Waals surface area (Å²) >= 11 is 1.56. The average molecular weight is 380 g/mol. The van der Waals surface area contributed by atoms with E-state index in [1.807, 2.05) is 32.5 Å². The second kappa shape index (κ2) is 5.53. The van der Waals surface area contributed by atoms with Crippen LogP contribution in [0.5, 0.6) is 0 Å². The van der Waals surface area contributed by atoms with Gasteiger partial charge in [-0.1, -0.05) is 11.3 Å². The van der Waals surface area contributed by atoms with Crippen molar-refractivity contribution in [1.82, 2.24) is 24.5 Å². The first-order chi connectivity index (χ1) is 11.7. The molecule has 0 saturated carbocycles. The molecule has 0 unspecified atom stereocenters. The number of nitrogens with zero attached hydrogens (tertiary/aromatic N) is 5. The van der Waals surface area contributed by atoms with E-state index in [1.165, 1.54) is 0 Å². The van der Waals surface area contributed by atoms with Gasteiger partial charge < -0.3 is 5.32 Å². The van der Waals surface area contributed by atoms with Crippen molar-refractivity contribution in [3.8, 4) is 0 Å². The smallest absolute Gasteiger partial charge is 0.190 e. The zero-order valence-electron chi connectivity index (χ0n) is 14.6. The second-order valence-electron chi connectivity index (χ2n) is 6.55. The van der Waals surface area contributed by atoms with E-state index in [1.54, 1.807) is 16.0 Å². The van der Waals surface area contributed by atoms with Crippen LogP contribution in [-0.2, 0) is 16.9 Å². The van der Waals surface area contributed by atoms with Crippen molar-refractivity contribution in [2.24, 2.45) is 7.05 Å². The molecule has 0 aliphatic carbocycles. The summed E-state index contributed by atoms with van der Waals surface area (Å²) in [6.07, 6.45) is 0.621. The molecule has 134 valence electrons. The number of aromatic nitrogens is 5. The van der Waals surface area contributed by atoms with Gasteiger partial charge >= 0.3 is 0 Å². The van der Waals surface area contributed by atoms with Crippen LogP contribution in [0.25, 0.3) is 10.3 Å². The van der Waals surface area contributed by atoms with Crippen LogP contribution in [0.2, 0.25) is 0 Å². The van der Waals surface area contributed by atoms with E-state index in [0.29, 0.717) is 6.42 Å². The van der Waals surface area contributed by atoms with E-state index in [9.17, 15) is 8.42 Å². The first-order valence-corrected chi connectivity index (χ1v) is 10.7. The molecule has 10 heteroatoms. The summed E-state index contributed by atoms with van der Waals surface area (Å²) in [5.74, 6) is 0.406. The molecule has 3 aromatic heterocycles. The Morgan fingerprint density at radius 1 is 1.20 bits per heavy atom. The predicted octanol–water partition coefficient (Wildman–Crippen LogP) is 2.25. The summed E-state index contributed by atoms with van der Waals surface area (Å²) in [5.41, 5.74) is 4.50. The molecule has 0 amide bonds. The van der Waals surface area contributed by atoms with Crippen molar-refractivity contribution >= 4 is 42.3 Å². The Morgan fingerprint density at radius 2 is 1.96 bits per heavy atom. The van der Waals surface area contributed by atoms with Crippen LogP contribution in [0.3, 0.4) is 0 Å². The second-order valence-corrected chi connectivity index (χ2v) is 9.78. The van der Waals surface area contributed by atoms with Crippen LogP contribution in [0.4, 0.5) is 10.8 Å². The molecule has 4 rings (SSSR count). The summed E-state index contributed by atoms with van der Waals surface area (Å²) in [6.45, 7) is 5.86. The summed E-state index contributed by atoms with van der Waals surface area (Å²) < 4.78 is 28.2. The Bertz CT molecular complexity index is 1040. The minimum absolute atomic E-state index is 0.0824. The van der Waals surface area contributed by atoms with Gasteiger partial charge in [0.1, 0.15) is 0 Å². The highest BCUT2D eigenvalue weighted by Gasteiger charge is 2.31. The third-order valence-electron chi connectivity index (χ3n) is 4.66. The Kier molecular flexibility index (Phi) is 3.66. The highest BCUT2D eigenvalue weighted by Crippen LogP contribution is 2.34. The number of nitrogens with one attached hydrogen (secondary N) is 1. The number of sulfone groups is 1. The number of fused-ring (bicyclic) bond motifs is 1. The number of hydrogen-bond donors (Lipinski definition) is 1. The minimum atomic E-state index is -2.94. The fourth-order valence-corrected chi connectivity index (χ4v) is 6.04. The molecule has 8 nitrogen and oxygen atoms in total. The Morgan fingerprint density at radius 3 is 2.60 bits per heavy atom. The first-order valence-electron chi connectivity index (χ1n) is 8.08. The molecule has 3 aromatic rings. The molecule has 1 atom stereocenters. The number of anilines is 2. The Hall–Kier alpha value is -1.94. The molecule has 0 radical (unpaired) electrons. The van der Waals surface area contributed by atoms with Gasteiger partial charge in [-0.3, -0.25) is 4.68 Å². The van der Waals surface area contributed by atoms with Gasteiger partial charge in [-0.2, -0.15) is 10.2 Å². The highest BCUT2D eigenvalue weighted by molar-refractivity contribution is 7.91. The van der Waals surface area contributed by atoms with E-state index < -0.39 is 9.84 Å². The Labute approximate surface area is 149 Å². The van der Waals surface area contributed by atoms with Crippen LogP contribution in [0.15, 0.2) is 0 Å². The maximum Gasteiger partial charge on any atom is 0.190 e. The molecule has 0 aromatic carbocycles. The number of hydrogen-bond acceptors (Lipinski definition) is 7. The van der Waals surface area contributed by atoms with Gasteiger partial charge in [0.05, 0.1) is 45.0 Å². The quantitative estimate of drug-likeness (QED) is 0.749. The van der Waals surface area contributed by atoms with E-state index in [4.69, 9.17) is 0 Å². The standard InChI is InChI=1S/C15H20N6O2S2/c1-8-12(10(3)21(19-8)11-5-6-25(22,23)7-11)16-15-17-14-13(24-15)9(2)18-20(14)4/h11H,5-7H2,1-4H3,(H,16,17)/t11-/m0/s1. The van der Waals surface area contributed by atoms with Crippen LogP contribution in [-0.4, -0.2) is 44.5 Å². The fourth-order valence-electron chi connectivity index (χ4n) is 3.41. The maximum atomic E-state index is 11.8. The molecule has 1 N–H and O–H groups in total. The van der Waals surface area contributed by atoms with Gasteiger partial charge in [-0.15, -0.1) is 0 Å². The topological polar surface area (TPSA) is 94.7 Å². The van der Waals surface area contributed by atoms with E-state index in [0.717, 1.165) is 38.2 Å². The van der Waals surface area contributed by atoms with Crippen molar-refractivity contribution in [3.63, 3.8) is 0 Å². The van der Waals surface area contributed by atoms with Gasteiger partial charge in [0.25, 0.3) is 0 Å². The number of aryl methyl sites for hydroxylation is 3. The summed E-state index contributed by atoms with van der Waals surface area (Å²) in [7, 11) is -1.06. The molecule has 1 fully saturated rings. The van der Waals surface area contributed by atoms with Gasteiger partial charge in [-0.25, -0.2) is 18.1 Å². The normalized spacial score (nSPS) is 19.8. The highest BCUT2D eigenvalue weighted by atomic mass is 32.2. The molecule has 0 spiro atoms. The number of thiazole rings is 1. The van der Waals surface area contributed by atoms with Gasteiger partial charge in [0.15, 0.2) is 20.6 Å². The third kappa shape index (κ3) is 2.73.